The number of hydrogen-bond donors (Lipinski definition) is 1. The Bertz CT molecular complexity index is 1230. The van der Waals surface area contributed by atoms with Gasteiger partial charge in [0.1, 0.15) is 10.9 Å². The van der Waals surface area contributed by atoms with Crippen LogP contribution in [0.1, 0.15) is 55.5 Å². The van der Waals surface area contributed by atoms with Crippen LogP contribution in [0.5, 0.6) is 0 Å². The Morgan fingerprint density at radius 1 is 1.06 bits per heavy atom. The summed E-state index contributed by atoms with van der Waals surface area (Å²) in [6.07, 6.45) is 1.73. The van der Waals surface area contributed by atoms with Crippen LogP contribution in [0.2, 0.25) is 10.0 Å². The highest BCUT2D eigenvalue weighted by molar-refractivity contribution is 7.90. The van der Waals surface area contributed by atoms with Crippen molar-refractivity contribution in [2.75, 3.05) is 13.1 Å². The SMILES string of the molecule is CCCCNC(=O)[C@@H](C)N(Cc1c(Cl)cccc1Cl)C(=O)CCCN1C(=O)c2ccccc2S1(=O)=O. The van der Waals surface area contributed by atoms with Crippen molar-refractivity contribution in [1.82, 2.24) is 14.5 Å². The molecule has 2 aromatic carbocycles. The Morgan fingerprint density at radius 3 is 2.36 bits per heavy atom. The Morgan fingerprint density at radius 2 is 1.72 bits per heavy atom. The second-order valence-electron chi connectivity index (χ2n) is 8.52. The molecule has 0 radical (unpaired) electrons. The highest BCUT2D eigenvalue weighted by Crippen LogP contribution is 2.30. The first kappa shape index (κ1) is 28.0. The summed E-state index contributed by atoms with van der Waals surface area (Å²) in [5, 5.41) is 3.56. The number of amides is 3. The van der Waals surface area contributed by atoms with Crippen LogP contribution in [0.15, 0.2) is 47.4 Å². The van der Waals surface area contributed by atoms with E-state index >= 15 is 0 Å². The van der Waals surface area contributed by atoms with E-state index in [1.165, 1.54) is 17.0 Å². The summed E-state index contributed by atoms with van der Waals surface area (Å²) in [6, 6.07) is 10.2. The Kier molecular flexibility index (Phi) is 9.38. The van der Waals surface area contributed by atoms with Crippen LogP contribution < -0.4 is 5.32 Å². The van der Waals surface area contributed by atoms with Crippen molar-refractivity contribution in [2.45, 2.75) is 57.0 Å². The maximum atomic E-state index is 13.3. The van der Waals surface area contributed by atoms with Gasteiger partial charge in [0.15, 0.2) is 0 Å². The van der Waals surface area contributed by atoms with Crippen molar-refractivity contribution in [3.63, 3.8) is 0 Å². The molecule has 8 nitrogen and oxygen atoms in total. The molecule has 2 aromatic rings. The molecule has 0 fully saturated rings. The van der Waals surface area contributed by atoms with Gasteiger partial charge in [0.2, 0.25) is 11.8 Å². The third kappa shape index (κ3) is 6.02. The summed E-state index contributed by atoms with van der Waals surface area (Å²) in [5.41, 5.74) is 0.631. The van der Waals surface area contributed by atoms with E-state index in [9.17, 15) is 22.8 Å². The molecule has 0 spiro atoms. The number of fused-ring (bicyclic) bond motifs is 1. The average molecular weight is 554 g/mol. The Balaban J connectivity index is 1.73. The lowest BCUT2D eigenvalue weighted by Gasteiger charge is -2.29. The largest absolute Gasteiger partial charge is 0.354 e. The van der Waals surface area contributed by atoms with Gasteiger partial charge in [0.05, 0.1) is 5.56 Å². The van der Waals surface area contributed by atoms with Gasteiger partial charge in [-0.25, -0.2) is 12.7 Å². The molecule has 11 heteroatoms. The lowest BCUT2D eigenvalue weighted by molar-refractivity contribution is -0.140. The molecule has 1 aliphatic heterocycles. The molecule has 1 atom stereocenters. The second kappa shape index (κ2) is 12.1. The van der Waals surface area contributed by atoms with Crippen LogP contribution in [0.3, 0.4) is 0 Å². The van der Waals surface area contributed by atoms with Crippen LogP contribution in [0, 0.1) is 0 Å². The Hall–Kier alpha value is -2.62. The van der Waals surface area contributed by atoms with E-state index in [-0.39, 0.29) is 48.2 Å². The van der Waals surface area contributed by atoms with E-state index in [1.807, 2.05) is 6.92 Å². The Labute approximate surface area is 221 Å². The van der Waals surface area contributed by atoms with Crippen molar-refractivity contribution in [2.24, 2.45) is 0 Å². The van der Waals surface area contributed by atoms with E-state index in [4.69, 9.17) is 23.2 Å². The molecule has 0 saturated carbocycles. The van der Waals surface area contributed by atoms with Crippen LogP contribution >= 0.6 is 23.2 Å². The van der Waals surface area contributed by atoms with E-state index in [2.05, 4.69) is 5.32 Å². The summed E-state index contributed by atoms with van der Waals surface area (Å²) < 4.78 is 26.3. The molecule has 1 aliphatic rings. The van der Waals surface area contributed by atoms with Crippen molar-refractivity contribution in [3.05, 3.63) is 63.6 Å². The van der Waals surface area contributed by atoms with Gasteiger partial charge < -0.3 is 10.2 Å². The summed E-state index contributed by atoms with van der Waals surface area (Å²) in [7, 11) is -3.96. The molecule has 0 aliphatic carbocycles. The van der Waals surface area contributed by atoms with Crippen LogP contribution in [0.25, 0.3) is 0 Å². The van der Waals surface area contributed by atoms with E-state index < -0.39 is 22.0 Å². The molecule has 3 amide bonds. The molecule has 0 saturated heterocycles. The topological polar surface area (TPSA) is 104 Å². The maximum absolute atomic E-state index is 13.3. The molecule has 0 unspecified atom stereocenters. The predicted octanol–water partition coefficient (Wildman–Crippen LogP) is 4.25. The number of halogens is 2. The van der Waals surface area contributed by atoms with Gasteiger partial charge in [0, 0.05) is 41.7 Å². The fraction of sp³-hybridized carbons (Fsp3) is 0.400. The standard InChI is InChI=1S/C25H29Cl2N3O5S/c1-3-4-14-28-24(32)17(2)29(16-19-20(26)10-7-11-21(19)27)23(31)13-8-15-30-25(33)18-9-5-6-12-22(18)36(30,34)35/h5-7,9-12,17H,3-4,8,13-16H2,1-2H3,(H,28,32)/t17-/m1/s1. The van der Waals surface area contributed by atoms with Crippen LogP contribution in [-0.2, 0) is 26.2 Å². The lowest BCUT2D eigenvalue weighted by Crippen LogP contribution is -2.48. The van der Waals surface area contributed by atoms with Gasteiger partial charge in [0.25, 0.3) is 15.9 Å². The normalized spacial score (nSPS) is 14.9. The average Bonchev–Trinajstić information content (AvgIpc) is 3.04. The third-order valence-electron chi connectivity index (χ3n) is 6.05. The van der Waals surface area contributed by atoms with Crippen LogP contribution in [-0.4, -0.2) is 54.5 Å². The van der Waals surface area contributed by atoms with Gasteiger partial charge in [-0.2, -0.15) is 0 Å². The molecule has 1 heterocycles. The second-order valence-corrected chi connectivity index (χ2v) is 11.2. The minimum Gasteiger partial charge on any atom is -0.354 e. The number of carbonyl (C=O) groups is 3. The number of benzene rings is 2. The number of carbonyl (C=O) groups excluding carboxylic acids is 3. The molecule has 36 heavy (non-hydrogen) atoms. The van der Waals surface area contributed by atoms with E-state index in [0.717, 1.165) is 17.1 Å². The van der Waals surface area contributed by atoms with Crippen molar-refractivity contribution in [3.8, 4) is 0 Å². The maximum Gasteiger partial charge on any atom is 0.269 e. The minimum atomic E-state index is -3.96. The third-order valence-corrected chi connectivity index (χ3v) is 8.60. The smallest absolute Gasteiger partial charge is 0.269 e. The summed E-state index contributed by atoms with van der Waals surface area (Å²) >= 11 is 12.6. The van der Waals surface area contributed by atoms with E-state index in [0.29, 0.717) is 22.2 Å². The molecule has 0 aromatic heterocycles. The zero-order valence-corrected chi connectivity index (χ0v) is 22.5. The van der Waals surface area contributed by atoms with Gasteiger partial charge in [-0.05, 0) is 44.0 Å². The van der Waals surface area contributed by atoms with E-state index in [1.54, 1.807) is 37.3 Å². The van der Waals surface area contributed by atoms with Crippen molar-refractivity contribution in [1.29, 1.82) is 0 Å². The van der Waals surface area contributed by atoms with Crippen LogP contribution in [0.4, 0.5) is 0 Å². The fourth-order valence-electron chi connectivity index (χ4n) is 3.94. The number of hydrogen-bond acceptors (Lipinski definition) is 5. The molecular formula is C25H29Cl2N3O5S. The molecule has 0 bridgehead atoms. The number of sulfonamides is 1. The van der Waals surface area contributed by atoms with Crippen molar-refractivity contribution >= 4 is 50.9 Å². The number of rotatable bonds is 11. The molecule has 1 N–H and O–H groups in total. The van der Waals surface area contributed by atoms with Crippen molar-refractivity contribution < 1.29 is 22.8 Å². The quantitative estimate of drug-likeness (QED) is 0.419. The van der Waals surface area contributed by atoms with Gasteiger partial charge in [-0.3, -0.25) is 14.4 Å². The van der Waals surface area contributed by atoms with Gasteiger partial charge >= 0.3 is 0 Å². The first-order chi connectivity index (χ1) is 17.1. The summed E-state index contributed by atoms with van der Waals surface area (Å²) in [6.45, 7) is 3.97. The summed E-state index contributed by atoms with van der Waals surface area (Å²) in [5.74, 6) is -1.31. The molecular weight excluding hydrogens is 525 g/mol. The van der Waals surface area contributed by atoms with Gasteiger partial charge in [-0.1, -0.05) is 54.7 Å². The highest BCUT2D eigenvalue weighted by Gasteiger charge is 2.40. The monoisotopic (exact) mass is 553 g/mol. The lowest BCUT2D eigenvalue weighted by atomic mass is 10.1. The predicted molar refractivity (Wildman–Crippen MR) is 138 cm³/mol. The zero-order chi connectivity index (χ0) is 26.5. The van der Waals surface area contributed by atoms with Gasteiger partial charge in [-0.15, -0.1) is 0 Å². The first-order valence-electron chi connectivity index (χ1n) is 11.8. The number of nitrogens with zero attached hydrogens (tertiary/aromatic N) is 2. The highest BCUT2D eigenvalue weighted by atomic mass is 35.5. The zero-order valence-electron chi connectivity index (χ0n) is 20.2. The number of unbranched alkanes of at least 4 members (excludes halogenated alkanes) is 1. The molecule has 3 rings (SSSR count). The molecule has 194 valence electrons. The minimum absolute atomic E-state index is 0.00604. The summed E-state index contributed by atoms with van der Waals surface area (Å²) in [4.78, 5) is 40.0. The first-order valence-corrected chi connectivity index (χ1v) is 13.9. The fourth-order valence-corrected chi connectivity index (χ4v) is 6.07. The number of nitrogens with one attached hydrogen (secondary N) is 1.